The molecule has 146 valence electrons. The van der Waals surface area contributed by atoms with Crippen molar-refractivity contribution in [2.24, 2.45) is 7.05 Å². The Morgan fingerprint density at radius 2 is 1.83 bits per heavy atom. The van der Waals surface area contributed by atoms with Crippen LogP contribution in [0.1, 0.15) is 15.9 Å². The molecule has 0 spiro atoms. The number of pyridine rings is 1. The average Bonchev–Trinajstić information content (AvgIpc) is 3.11. The zero-order valence-corrected chi connectivity index (χ0v) is 16.9. The van der Waals surface area contributed by atoms with Crippen LogP contribution >= 0.6 is 23.2 Å². The maximum Gasteiger partial charge on any atom is 0.258 e. The van der Waals surface area contributed by atoms with E-state index in [2.05, 4.69) is 10.4 Å². The molecule has 8 heteroatoms. The Balaban J connectivity index is 1.79. The van der Waals surface area contributed by atoms with Crippen molar-refractivity contribution in [1.29, 1.82) is 0 Å². The summed E-state index contributed by atoms with van der Waals surface area (Å²) in [6.45, 7) is 0.258. The number of benzene rings is 2. The molecule has 0 unspecified atom stereocenters. The van der Waals surface area contributed by atoms with E-state index in [1.54, 1.807) is 72.8 Å². The quantitative estimate of drug-likeness (QED) is 0.527. The Hall–Kier alpha value is -3.09. The molecule has 0 saturated carbocycles. The Morgan fingerprint density at radius 3 is 2.52 bits per heavy atom. The standard InChI is InChI=1S/C21H16Cl2N4O2/c1-26-11-14(9-24-26)25-20(28)17-12-27(10-13-6-7-18(22)19(23)8-13)21(29)16-5-3-2-4-15(16)17/h2-9,11-12H,10H2,1H3,(H,25,28). The van der Waals surface area contributed by atoms with Gasteiger partial charge in [-0.15, -0.1) is 0 Å². The lowest BCUT2D eigenvalue weighted by Gasteiger charge is -2.13. The molecule has 0 aliphatic carbocycles. The fraction of sp³-hybridized carbons (Fsp3) is 0.0952. The van der Waals surface area contributed by atoms with Gasteiger partial charge in [0.25, 0.3) is 11.5 Å². The van der Waals surface area contributed by atoms with Gasteiger partial charge in [0.1, 0.15) is 0 Å². The zero-order valence-electron chi connectivity index (χ0n) is 15.4. The van der Waals surface area contributed by atoms with Crippen LogP contribution in [0.3, 0.4) is 0 Å². The summed E-state index contributed by atoms with van der Waals surface area (Å²) >= 11 is 12.1. The SMILES string of the molecule is Cn1cc(NC(=O)c2cn(Cc3ccc(Cl)c(Cl)c3)c(=O)c3ccccc23)cn1. The second kappa shape index (κ2) is 7.73. The Bertz CT molecular complexity index is 1290. The summed E-state index contributed by atoms with van der Waals surface area (Å²) in [4.78, 5) is 25.9. The van der Waals surface area contributed by atoms with E-state index in [1.165, 1.54) is 4.57 Å². The normalized spacial score (nSPS) is 11.0. The van der Waals surface area contributed by atoms with Crippen LogP contribution in [-0.4, -0.2) is 20.3 Å². The van der Waals surface area contributed by atoms with E-state index in [-0.39, 0.29) is 18.0 Å². The van der Waals surface area contributed by atoms with Crippen molar-refractivity contribution in [1.82, 2.24) is 14.3 Å². The highest BCUT2D eigenvalue weighted by Crippen LogP contribution is 2.23. The molecule has 0 fully saturated rings. The molecular weight excluding hydrogens is 411 g/mol. The van der Waals surface area contributed by atoms with Crippen molar-refractivity contribution in [3.05, 3.63) is 92.6 Å². The number of aromatic nitrogens is 3. The number of nitrogens with zero attached hydrogens (tertiary/aromatic N) is 3. The summed E-state index contributed by atoms with van der Waals surface area (Å²) in [5.74, 6) is -0.322. The summed E-state index contributed by atoms with van der Waals surface area (Å²) in [6.07, 6.45) is 4.83. The third kappa shape index (κ3) is 3.90. The third-order valence-corrected chi connectivity index (χ3v) is 5.28. The van der Waals surface area contributed by atoms with E-state index in [0.717, 1.165) is 5.56 Å². The number of rotatable bonds is 4. The van der Waals surface area contributed by atoms with Gasteiger partial charge in [-0.3, -0.25) is 14.3 Å². The molecule has 0 atom stereocenters. The van der Waals surface area contributed by atoms with Gasteiger partial charge in [0.05, 0.1) is 34.0 Å². The summed E-state index contributed by atoms with van der Waals surface area (Å²) < 4.78 is 3.10. The molecule has 2 aromatic carbocycles. The summed E-state index contributed by atoms with van der Waals surface area (Å²) in [7, 11) is 1.77. The van der Waals surface area contributed by atoms with Crippen molar-refractivity contribution in [3.8, 4) is 0 Å². The van der Waals surface area contributed by atoms with Gasteiger partial charge >= 0.3 is 0 Å². The summed E-state index contributed by atoms with van der Waals surface area (Å²) in [5.41, 5.74) is 1.58. The first-order chi connectivity index (χ1) is 13.9. The van der Waals surface area contributed by atoms with Gasteiger partial charge in [-0.1, -0.05) is 47.5 Å². The summed E-state index contributed by atoms with van der Waals surface area (Å²) in [6, 6.07) is 12.2. The third-order valence-electron chi connectivity index (χ3n) is 4.54. The van der Waals surface area contributed by atoms with Crippen molar-refractivity contribution in [2.75, 3.05) is 5.32 Å². The molecule has 0 aliphatic rings. The monoisotopic (exact) mass is 426 g/mol. The van der Waals surface area contributed by atoms with Gasteiger partial charge in [0.15, 0.2) is 0 Å². The van der Waals surface area contributed by atoms with Gasteiger partial charge in [-0.2, -0.15) is 5.10 Å². The van der Waals surface area contributed by atoms with Gasteiger partial charge in [-0.25, -0.2) is 0 Å². The average molecular weight is 427 g/mol. The molecule has 2 heterocycles. The topological polar surface area (TPSA) is 68.9 Å². The maximum atomic E-state index is 13.0. The Labute approximate surface area is 176 Å². The zero-order chi connectivity index (χ0) is 20.5. The van der Waals surface area contributed by atoms with Crippen LogP contribution < -0.4 is 10.9 Å². The highest BCUT2D eigenvalue weighted by Gasteiger charge is 2.16. The molecule has 2 aromatic heterocycles. The van der Waals surface area contributed by atoms with E-state index in [0.29, 0.717) is 32.1 Å². The summed E-state index contributed by atoms with van der Waals surface area (Å²) in [5, 5.41) is 8.78. The number of amides is 1. The highest BCUT2D eigenvalue weighted by atomic mass is 35.5. The number of halogens is 2. The number of carbonyl (C=O) groups is 1. The smallest absolute Gasteiger partial charge is 0.258 e. The fourth-order valence-corrected chi connectivity index (χ4v) is 3.48. The first-order valence-electron chi connectivity index (χ1n) is 8.78. The number of hydrogen-bond acceptors (Lipinski definition) is 3. The fourth-order valence-electron chi connectivity index (χ4n) is 3.16. The van der Waals surface area contributed by atoms with E-state index in [1.807, 2.05) is 0 Å². The van der Waals surface area contributed by atoms with E-state index < -0.39 is 0 Å². The van der Waals surface area contributed by atoms with Crippen LogP contribution in [-0.2, 0) is 13.6 Å². The van der Waals surface area contributed by atoms with E-state index in [9.17, 15) is 9.59 Å². The molecule has 4 rings (SSSR count). The van der Waals surface area contributed by atoms with Crippen molar-refractivity contribution in [3.63, 3.8) is 0 Å². The van der Waals surface area contributed by atoms with E-state index in [4.69, 9.17) is 23.2 Å². The van der Waals surface area contributed by atoms with E-state index >= 15 is 0 Å². The van der Waals surface area contributed by atoms with Crippen LogP contribution in [0.2, 0.25) is 10.0 Å². The largest absolute Gasteiger partial charge is 0.319 e. The number of carbonyl (C=O) groups excluding carboxylic acids is 1. The van der Waals surface area contributed by atoms with Crippen LogP contribution in [0.15, 0.2) is 65.8 Å². The lowest BCUT2D eigenvalue weighted by atomic mass is 10.1. The number of fused-ring (bicyclic) bond motifs is 1. The number of nitrogens with one attached hydrogen (secondary N) is 1. The van der Waals surface area contributed by atoms with Crippen molar-refractivity contribution in [2.45, 2.75) is 6.54 Å². The molecule has 0 saturated heterocycles. The minimum absolute atomic E-state index is 0.190. The lowest BCUT2D eigenvalue weighted by Crippen LogP contribution is -2.24. The second-order valence-corrected chi connectivity index (χ2v) is 7.44. The molecule has 1 N–H and O–H groups in total. The molecule has 0 bridgehead atoms. The molecular formula is C21H16Cl2N4O2. The van der Waals surface area contributed by atoms with Gasteiger partial charge < -0.3 is 9.88 Å². The molecule has 0 radical (unpaired) electrons. The highest BCUT2D eigenvalue weighted by molar-refractivity contribution is 6.42. The van der Waals surface area contributed by atoms with Crippen LogP contribution in [0, 0.1) is 0 Å². The Kier molecular flexibility index (Phi) is 5.13. The van der Waals surface area contributed by atoms with Crippen LogP contribution in [0.5, 0.6) is 0 Å². The Morgan fingerprint density at radius 1 is 1.07 bits per heavy atom. The van der Waals surface area contributed by atoms with Crippen molar-refractivity contribution >= 4 is 45.6 Å². The first-order valence-corrected chi connectivity index (χ1v) is 9.54. The van der Waals surface area contributed by atoms with Gasteiger partial charge in [-0.05, 0) is 23.8 Å². The minimum atomic E-state index is -0.322. The number of hydrogen-bond donors (Lipinski definition) is 1. The minimum Gasteiger partial charge on any atom is -0.319 e. The molecule has 29 heavy (non-hydrogen) atoms. The first kappa shape index (κ1) is 19.2. The second-order valence-electron chi connectivity index (χ2n) is 6.63. The maximum absolute atomic E-state index is 13.0. The van der Waals surface area contributed by atoms with Gasteiger partial charge in [0, 0.05) is 30.2 Å². The van der Waals surface area contributed by atoms with Gasteiger partial charge in [0.2, 0.25) is 0 Å². The lowest BCUT2D eigenvalue weighted by molar-refractivity contribution is 0.102. The van der Waals surface area contributed by atoms with Crippen molar-refractivity contribution < 1.29 is 4.79 Å². The molecule has 6 nitrogen and oxygen atoms in total. The predicted molar refractivity (Wildman–Crippen MR) is 115 cm³/mol. The molecule has 4 aromatic rings. The molecule has 1 amide bonds. The predicted octanol–water partition coefficient (Wildman–Crippen LogP) is 4.34. The molecule has 0 aliphatic heterocycles. The number of aryl methyl sites for hydroxylation is 1. The van der Waals surface area contributed by atoms with Crippen LogP contribution in [0.25, 0.3) is 10.8 Å². The van der Waals surface area contributed by atoms with Crippen LogP contribution in [0.4, 0.5) is 5.69 Å². The number of anilines is 1.